The van der Waals surface area contributed by atoms with Crippen molar-refractivity contribution in [2.45, 2.75) is 44.9 Å². The van der Waals surface area contributed by atoms with E-state index in [9.17, 15) is 10.0 Å². The number of nitrogens with zero attached hydrogens (tertiary/aromatic N) is 1. The minimum absolute atomic E-state index is 0.0582. The van der Waals surface area contributed by atoms with Crippen LogP contribution in [-0.4, -0.2) is 34.4 Å². The third-order valence-electron chi connectivity index (χ3n) is 3.28. The number of hydrogen-bond donors (Lipinski definition) is 1. The summed E-state index contributed by atoms with van der Waals surface area (Å²) in [7, 11) is 0. The van der Waals surface area contributed by atoms with Crippen molar-refractivity contribution in [1.29, 1.82) is 0 Å². The van der Waals surface area contributed by atoms with Crippen molar-refractivity contribution in [3.8, 4) is 0 Å². The number of carbonyl (C=O) groups excluding carboxylic acids is 1. The number of amides is 1. The fourth-order valence-electron chi connectivity index (χ4n) is 2.34. The Labute approximate surface area is 119 Å². The molecule has 0 saturated heterocycles. The predicted octanol–water partition coefficient (Wildman–Crippen LogP) is 2.57. The van der Waals surface area contributed by atoms with Crippen molar-refractivity contribution in [1.82, 2.24) is 5.06 Å². The van der Waals surface area contributed by atoms with Crippen LogP contribution in [0.2, 0.25) is 0 Å². The summed E-state index contributed by atoms with van der Waals surface area (Å²) in [6.45, 7) is 3.88. The maximum absolute atomic E-state index is 12.1. The van der Waals surface area contributed by atoms with Crippen LogP contribution >= 0.6 is 0 Å². The Kier molecular flexibility index (Phi) is 4.93. The molecule has 1 aliphatic rings. The van der Waals surface area contributed by atoms with Gasteiger partial charge in [-0.1, -0.05) is 42.5 Å². The van der Waals surface area contributed by atoms with Crippen LogP contribution in [0.4, 0.5) is 0 Å². The first-order valence-corrected chi connectivity index (χ1v) is 6.95. The minimum atomic E-state index is -0.325. The zero-order valence-electron chi connectivity index (χ0n) is 11.9. The number of hydrogen-bond acceptors (Lipinski definition) is 3. The first-order chi connectivity index (χ1) is 9.58. The average Bonchev–Trinajstić information content (AvgIpc) is 2.86. The highest BCUT2D eigenvalue weighted by Crippen LogP contribution is 2.21. The van der Waals surface area contributed by atoms with Gasteiger partial charge in [-0.15, -0.1) is 0 Å². The second-order valence-electron chi connectivity index (χ2n) is 5.28. The van der Waals surface area contributed by atoms with E-state index in [1.54, 1.807) is 0 Å². The molecule has 2 atom stereocenters. The lowest BCUT2D eigenvalue weighted by Gasteiger charge is -2.28. The minimum Gasteiger partial charge on any atom is -0.369 e. The molecule has 0 saturated carbocycles. The van der Waals surface area contributed by atoms with Crippen molar-refractivity contribution < 1.29 is 14.7 Å². The lowest BCUT2D eigenvalue weighted by molar-refractivity contribution is -0.185. The van der Waals surface area contributed by atoms with E-state index in [4.69, 9.17) is 4.74 Å². The normalized spacial score (nSPS) is 21.4. The molecule has 0 bridgehead atoms. The first-order valence-electron chi connectivity index (χ1n) is 6.95. The Morgan fingerprint density at radius 2 is 2.10 bits per heavy atom. The van der Waals surface area contributed by atoms with E-state index in [-0.39, 0.29) is 30.6 Å². The monoisotopic (exact) mass is 275 g/mol. The van der Waals surface area contributed by atoms with Gasteiger partial charge in [0.2, 0.25) is 0 Å². The summed E-state index contributed by atoms with van der Waals surface area (Å²) < 4.78 is 5.70. The van der Waals surface area contributed by atoms with Crippen molar-refractivity contribution in [3.05, 3.63) is 48.0 Å². The number of rotatable bonds is 5. The lowest BCUT2D eigenvalue weighted by atomic mass is 10.1. The molecule has 0 aliphatic heterocycles. The van der Waals surface area contributed by atoms with Gasteiger partial charge in [-0.3, -0.25) is 10.0 Å². The molecule has 108 valence electrons. The lowest BCUT2D eigenvalue weighted by Crippen LogP contribution is -2.44. The van der Waals surface area contributed by atoms with Gasteiger partial charge in [0.25, 0.3) is 5.91 Å². The van der Waals surface area contributed by atoms with Gasteiger partial charge in [0.1, 0.15) is 0 Å². The highest BCUT2D eigenvalue weighted by atomic mass is 16.5. The highest BCUT2D eigenvalue weighted by Gasteiger charge is 2.32. The molecular weight excluding hydrogens is 254 g/mol. The molecule has 1 aromatic carbocycles. The molecule has 0 unspecified atom stereocenters. The van der Waals surface area contributed by atoms with Crippen molar-refractivity contribution in [2.75, 3.05) is 0 Å². The second-order valence-corrected chi connectivity index (χ2v) is 5.28. The molecule has 1 N–H and O–H groups in total. The molecule has 0 aromatic heterocycles. The maximum atomic E-state index is 12.1. The van der Waals surface area contributed by atoms with Gasteiger partial charge in [0.15, 0.2) is 0 Å². The third kappa shape index (κ3) is 3.68. The fraction of sp³-hybridized carbons (Fsp3) is 0.438. The summed E-state index contributed by atoms with van der Waals surface area (Å²) in [4.78, 5) is 12.1. The Bertz CT molecular complexity index is 470. The van der Waals surface area contributed by atoms with Gasteiger partial charge in [-0.25, -0.2) is 5.06 Å². The van der Waals surface area contributed by atoms with Gasteiger partial charge < -0.3 is 4.74 Å². The topological polar surface area (TPSA) is 49.8 Å². The van der Waals surface area contributed by atoms with Crippen LogP contribution in [0, 0.1) is 0 Å². The van der Waals surface area contributed by atoms with Gasteiger partial charge >= 0.3 is 0 Å². The SMILES string of the molecule is CC(C)O[C@H]1C=CC[C@@H]1N(O)C(=O)Cc1ccccc1. The number of ether oxygens (including phenoxy) is 1. The number of hydroxylamine groups is 2. The standard InChI is InChI=1S/C16H21NO3/c1-12(2)20-15-10-6-9-14(15)17(19)16(18)11-13-7-4-3-5-8-13/h3-8,10,12,14-15,19H,9,11H2,1-2H3/t14-,15-/m0/s1. The van der Waals surface area contributed by atoms with E-state index < -0.39 is 0 Å². The van der Waals surface area contributed by atoms with Crippen molar-refractivity contribution >= 4 is 5.91 Å². The number of carbonyl (C=O) groups is 1. The van der Waals surface area contributed by atoms with E-state index in [0.717, 1.165) is 10.6 Å². The molecule has 1 aliphatic carbocycles. The summed E-state index contributed by atoms with van der Waals surface area (Å²) in [6, 6.07) is 9.09. The molecular formula is C16H21NO3. The summed E-state index contributed by atoms with van der Waals surface area (Å²) >= 11 is 0. The fourth-order valence-corrected chi connectivity index (χ4v) is 2.34. The summed E-state index contributed by atoms with van der Waals surface area (Å²) in [5.74, 6) is -0.303. The molecule has 0 heterocycles. The van der Waals surface area contributed by atoms with Crippen LogP contribution < -0.4 is 0 Å². The molecule has 4 nitrogen and oxygen atoms in total. The third-order valence-corrected chi connectivity index (χ3v) is 3.28. The Balaban J connectivity index is 1.96. The summed E-state index contributed by atoms with van der Waals surface area (Å²) in [5.41, 5.74) is 0.892. The second kappa shape index (κ2) is 6.68. The molecule has 0 fully saturated rings. The van der Waals surface area contributed by atoms with Gasteiger partial charge in [0, 0.05) is 0 Å². The summed E-state index contributed by atoms with van der Waals surface area (Å²) in [5, 5.41) is 11.0. The van der Waals surface area contributed by atoms with Gasteiger partial charge in [-0.2, -0.15) is 0 Å². The van der Waals surface area contributed by atoms with Crippen LogP contribution in [0.5, 0.6) is 0 Å². The maximum Gasteiger partial charge on any atom is 0.250 e. The molecule has 1 aromatic rings. The Hall–Kier alpha value is -1.65. The molecule has 2 rings (SSSR count). The van der Waals surface area contributed by atoms with Gasteiger partial charge in [0.05, 0.1) is 24.7 Å². The van der Waals surface area contributed by atoms with Crippen LogP contribution in [0.15, 0.2) is 42.5 Å². The first kappa shape index (κ1) is 14.8. The highest BCUT2D eigenvalue weighted by molar-refractivity contribution is 5.78. The molecule has 0 spiro atoms. The van der Waals surface area contributed by atoms with E-state index in [1.165, 1.54) is 0 Å². The Morgan fingerprint density at radius 3 is 2.75 bits per heavy atom. The molecule has 20 heavy (non-hydrogen) atoms. The van der Waals surface area contributed by atoms with E-state index in [0.29, 0.717) is 6.42 Å². The molecule has 0 radical (unpaired) electrons. The molecule has 1 amide bonds. The van der Waals surface area contributed by atoms with Crippen LogP contribution in [-0.2, 0) is 16.0 Å². The summed E-state index contributed by atoms with van der Waals surface area (Å²) in [6.07, 6.45) is 4.49. The number of benzene rings is 1. The molecule has 4 heteroatoms. The zero-order chi connectivity index (χ0) is 14.5. The van der Waals surface area contributed by atoms with Crippen LogP contribution in [0.1, 0.15) is 25.8 Å². The smallest absolute Gasteiger partial charge is 0.250 e. The van der Waals surface area contributed by atoms with Crippen LogP contribution in [0.25, 0.3) is 0 Å². The van der Waals surface area contributed by atoms with Crippen molar-refractivity contribution in [2.24, 2.45) is 0 Å². The Morgan fingerprint density at radius 1 is 1.40 bits per heavy atom. The van der Waals surface area contributed by atoms with E-state index in [2.05, 4.69) is 0 Å². The largest absolute Gasteiger partial charge is 0.369 e. The quantitative estimate of drug-likeness (QED) is 0.510. The van der Waals surface area contributed by atoms with E-state index >= 15 is 0 Å². The van der Waals surface area contributed by atoms with Gasteiger partial charge in [-0.05, 0) is 25.8 Å². The zero-order valence-corrected chi connectivity index (χ0v) is 11.9. The predicted molar refractivity (Wildman–Crippen MR) is 76.3 cm³/mol. The van der Waals surface area contributed by atoms with E-state index in [1.807, 2.05) is 56.3 Å². The van der Waals surface area contributed by atoms with Crippen molar-refractivity contribution in [3.63, 3.8) is 0 Å². The average molecular weight is 275 g/mol. The van der Waals surface area contributed by atoms with Crippen LogP contribution in [0.3, 0.4) is 0 Å².